The van der Waals surface area contributed by atoms with Gasteiger partial charge in [0.15, 0.2) is 0 Å². The Kier molecular flexibility index (Phi) is 4.60. The lowest BCUT2D eigenvalue weighted by Crippen LogP contribution is -2.27. The molecule has 2 N–H and O–H groups in total. The molecule has 0 radical (unpaired) electrons. The van der Waals surface area contributed by atoms with Crippen LogP contribution in [0.1, 0.15) is 32.3 Å². The van der Waals surface area contributed by atoms with Crippen LogP contribution in [0.5, 0.6) is 0 Å². The Morgan fingerprint density at radius 2 is 1.89 bits per heavy atom. The van der Waals surface area contributed by atoms with Gasteiger partial charge in [-0.05, 0) is 36.6 Å². The van der Waals surface area contributed by atoms with E-state index in [1.54, 1.807) is 12.1 Å². The summed E-state index contributed by atoms with van der Waals surface area (Å²) in [6.07, 6.45) is 2.00. The molecule has 0 aromatic heterocycles. The van der Waals surface area contributed by atoms with Crippen molar-refractivity contribution in [1.82, 2.24) is 10.0 Å². The van der Waals surface area contributed by atoms with Gasteiger partial charge in [0, 0.05) is 12.6 Å². The van der Waals surface area contributed by atoms with Crippen LogP contribution in [0.15, 0.2) is 29.2 Å². The fourth-order valence-corrected chi connectivity index (χ4v) is 3.48. The number of rotatable bonds is 7. The van der Waals surface area contributed by atoms with Crippen molar-refractivity contribution in [1.29, 1.82) is 0 Å². The maximum atomic E-state index is 12.1. The Hall–Kier alpha value is -0.910. The maximum Gasteiger partial charge on any atom is 0.240 e. The predicted octanol–water partition coefficient (Wildman–Crippen LogP) is 1.87. The highest BCUT2D eigenvalue weighted by Gasteiger charge is 2.38. The van der Waals surface area contributed by atoms with Crippen LogP contribution in [0.2, 0.25) is 0 Å². The van der Waals surface area contributed by atoms with Gasteiger partial charge in [-0.3, -0.25) is 0 Å². The number of hydrogen-bond donors (Lipinski definition) is 2. The highest BCUT2D eigenvalue weighted by molar-refractivity contribution is 7.89. The van der Waals surface area contributed by atoms with Crippen LogP contribution < -0.4 is 10.0 Å². The van der Waals surface area contributed by atoms with Crippen molar-refractivity contribution in [3.8, 4) is 0 Å². The molecule has 4 nitrogen and oxygen atoms in total. The van der Waals surface area contributed by atoms with Gasteiger partial charge in [0.05, 0.1) is 4.90 Å². The topological polar surface area (TPSA) is 58.2 Å². The number of nitrogens with one attached hydrogen (secondary N) is 2. The van der Waals surface area contributed by atoms with Crippen LogP contribution in [0, 0.1) is 5.92 Å². The minimum absolute atomic E-state index is 0.136. The van der Waals surface area contributed by atoms with E-state index in [2.05, 4.69) is 17.0 Å². The molecule has 2 rings (SSSR count). The summed E-state index contributed by atoms with van der Waals surface area (Å²) >= 11 is 0. The second-order valence-electron chi connectivity index (χ2n) is 5.06. The molecule has 106 valence electrons. The SMILES string of the molecule is CCNCc1ccc(S(=O)(=O)NC2CC2CC)cc1. The number of benzene rings is 1. The zero-order valence-electron chi connectivity index (χ0n) is 11.5. The van der Waals surface area contributed by atoms with E-state index in [1.807, 2.05) is 19.1 Å². The van der Waals surface area contributed by atoms with E-state index in [0.717, 1.165) is 31.5 Å². The number of sulfonamides is 1. The standard InChI is InChI=1S/C14H22N2O2S/c1-3-12-9-14(12)16-19(17,18)13-7-5-11(6-8-13)10-15-4-2/h5-8,12,14-16H,3-4,9-10H2,1-2H3. The second-order valence-corrected chi connectivity index (χ2v) is 6.77. The zero-order chi connectivity index (χ0) is 13.9. The van der Waals surface area contributed by atoms with Gasteiger partial charge in [-0.1, -0.05) is 32.4 Å². The molecule has 19 heavy (non-hydrogen) atoms. The monoisotopic (exact) mass is 282 g/mol. The van der Waals surface area contributed by atoms with Crippen molar-refractivity contribution in [2.75, 3.05) is 6.54 Å². The minimum atomic E-state index is -3.35. The van der Waals surface area contributed by atoms with Crippen LogP contribution in [0.25, 0.3) is 0 Å². The molecule has 0 spiro atoms. The summed E-state index contributed by atoms with van der Waals surface area (Å²) in [5.41, 5.74) is 1.10. The van der Waals surface area contributed by atoms with Crippen molar-refractivity contribution in [3.63, 3.8) is 0 Å². The molecule has 1 saturated carbocycles. The summed E-state index contributed by atoms with van der Waals surface area (Å²) in [7, 11) is -3.35. The van der Waals surface area contributed by atoms with Crippen molar-refractivity contribution in [2.24, 2.45) is 5.92 Å². The van der Waals surface area contributed by atoms with Gasteiger partial charge in [0.2, 0.25) is 10.0 Å². The van der Waals surface area contributed by atoms with Crippen molar-refractivity contribution >= 4 is 10.0 Å². The Bertz CT molecular complexity index is 511. The van der Waals surface area contributed by atoms with Crippen LogP contribution in [0.3, 0.4) is 0 Å². The summed E-state index contributed by atoms with van der Waals surface area (Å²) in [5, 5.41) is 3.21. The van der Waals surface area contributed by atoms with Crippen molar-refractivity contribution in [3.05, 3.63) is 29.8 Å². The zero-order valence-corrected chi connectivity index (χ0v) is 12.3. The second kappa shape index (κ2) is 6.03. The molecular weight excluding hydrogens is 260 g/mol. The summed E-state index contributed by atoms with van der Waals surface area (Å²) in [6.45, 7) is 5.81. The average Bonchev–Trinajstić information content (AvgIpc) is 3.14. The molecule has 1 fully saturated rings. The molecule has 1 aromatic rings. The van der Waals surface area contributed by atoms with Crippen LogP contribution in [0.4, 0.5) is 0 Å². The molecule has 2 atom stereocenters. The van der Waals surface area contributed by atoms with Gasteiger partial charge in [-0.15, -0.1) is 0 Å². The molecule has 5 heteroatoms. The molecule has 0 aliphatic heterocycles. The first-order valence-electron chi connectivity index (χ1n) is 6.88. The van der Waals surface area contributed by atoms with E-state index < -0.39 is 10.0 Å². The summed E-state index contributed by atoms with van der Waals surface area (Å²) in [5.74, 6) is 0.516. The third-order valence-electron chi connectivity index (χ3n) is 3.57. The summed E-state index contributed by atoms with van der Waals surface area (Å²) < 4.78 is 27.1. The predicted molar refractivity (Wildman–Crippen MR) is 76.3 cm³/mol. The average molecular weight is 282 g/mol. The highest BCUT2D eigenvalue weighted by atomic mass is 32.2. The van der Waals surface area contributed by atoms with Gasteiger partial charge in [-0.2, -0.15) is 0 Å². The van der Waals surface area contributed by atoms with E-state index in [9.17, 15) is 8.42 Å². The van der Waals surface area contributed by atoms with Gasteiger partial charge in [0.1, 0.15) is 0 Å². The summed E-state index contributed by atoms with van der Waals surface area (Å²) in [6, 6.07) is 7.22. The first-order valence-corrected chi connectivity index (χ1v) is 8.37. The smallest absolute Gasteiger partial charge is 0.240 e. The Morgan fingerprint density at radius 1 is 1.21 bits per heavy atom. The van der Waals surface area contributed by atoms with E-state index in [1.165, 1.54) is 0 Å². The molecule has 0 amide bonds. The molecule has 0 bridgehead atoms. The first-order chi connectivity index (χ1) is 9.06. The first kappa shape index (κ1) is 14.5. The normalized spacial score (nSPS) is 22.4. The largest absolute Gasteiger partial charge is 0.313 e. The Balaban J connectivity index is 2.00. The van der Waals surface area contributed by atoms with Gasteiger partial charge in [0.25, 0.3) is 0 Å². The molecular formula is C14H22N2O2S. The van der Waals surface area contributed by atoms with E-state index in [4.69, 9.17) is 0 Å². The third-order valence-corrected chi connectivity index (χ3v) is 5.07. The van der Waals surface area contributed by atoms with Gasteiger partial charge < -0.3 is 5.32 Å². The van der Waals surface area contributed by atoms with E-state index in [0.29, 0.717) is 10.8 Å². The van der Waals surface area contributed by atoms with E-state index in [-0.39, 0.29) is 6.04 Å². The lowest BCUT2D eigenvalue weighted by Gasteiger charge is -2.07. The molecule has 0 saturated heterocycles. The summed E-state index contributed by atoms with van der Waals surface area (Å²) in [4.78, 5) is 0.356. The molecule has 2 unspecified atom stereocenters. The molecule has 1 aromatic carbocycles. The minimum Gasteiger partial charge on any atom is -0.313 e. The van der Waals surface area contributed by atoms with E-state index >= 15 is 0 Å². The number of hydrogen-bond acceptors (Lipinski definition) is 3. The fraction of sp³-hybridized carbons (Fsp3) is 0.571. The maximum absolute atomic E-state index is 12.1. The quantitative estimate of drug-likeness (QED) is 0.802. The molecule has 0 heterocycles. The Labute approximate surface area is 115 Å². The lowest BCUT2D eigenvalue weighted by molar-refractivity contribution is 0.576. The highest BCUT2D eigenvalue weighted by Crippen LogP contribution is 2.34. The molecule has 1 aliphatic carbocycles. The van der Waals surface area contributed by atoms with Crippen LogP contribution >= 0.6 is 0 Å². The molecule has 1 aliphatic rings. The fourth-order valence-electron chi connectivity index (χ4n) is 2.17. The van der Waals surface area contributed by atoms with Gasteiger partial charge in [-0.25, -0.2) is 13.1 Å². The van der Waals surface area contributed by atoms with Crippen LogP contribution in [-0.2, 0) is 16.6 Å². The Morgan fingerprint density at radius 3 is 2.42 bits per heavy atom. The van der Waals surface area contributed by atoms with Crippen LogP contribution in [-0.4, -0.2) is 21.0 Å². The van der Waals surface area contributed by atoms with Gasteiger partial charge >= 0.3 is 0 Å². The van der Waals surface area contributed by atoms with Crippen molar-refractivity contribution in [2.45, 2.75) is 44.2 Å². The third kappa shape index (κ3) is 3.78. The van der Waals surface area contributed by atoms with Crippen molar-refractivity contribution < 1.29 is 8.42 Å². The lowest BCUT2D eigenvalue weighted by atomic mass is 10.2.